The average Bonchev–Trinajstić information content (AvgIpc) is 2.97. The lowest BCUT2D eigenvalue weighted by Crippen LogP contribution is -2.46. The van der Waals surface area contributed by atoms with Crippen molar-refractivity contribution >= 4 is 63.6 Å². The molecule has 0 bridgehead atoms. The molecule has 1 heterocycles. The Bertz CT molecular complexity index is 1460. The number of fused-ring (bicyclic) bond motifs is 2. The van der Waals surface area contributed by atoms with Crippen molar-refractivity contribution in [3.8, 4) is 0 Å². The molecule has 0 fully saturated rings. The van der Waals surface area contributed by atoms with Crippen LogP contribution in [0.5, 0.6) is 0 Å². The number of hydrogen-bond donors (Lipinski definition) is 3. The van der Waals surface area contributed by atoms with Crippen LogP contribution in [0.1, 0.15) is 50.0 Å². The zero-order valence-electron chi connectivity index (χ0n) is 22.4. The molecule has 3 N–H and O–H groups in total. The number of aliphatic carboxylic acids is 2. The minimum Gasteiger partial charge on any atom is -0.481 e. The van der Waals surface area contributed by atoms with Crippen molar-refractivity contribution in [2.75, 3.05) is 11.4 Å². The van der Waals surface area contributed by atoms with Crippen molar-refractivity contribution < 1.29 is 29.4 Å². The molecular formula is C30H31ClN2O6S. The number of halogens is 1. The minimum absolute atomic E-state index is 0.279. The summed E-state index contributed by atoms with van der Waals surface area (Å²) in [6.07, 6.45) is -1.10. The number of hydrogen-bond acceptors (Lipinski definition) is 5. The fourth-order valence-electron chi connectivity index (χ4n) is 4.86. The van der Waals surface area contributed by atoms with Crippen molar-refractivity contribution in [2.45, 2.75) is 50.2 Å². The number of nitrogens with zero attached hydrogens (tertiary/aromatic N) is 1. The SMILES string of the molecule is CC(C)(C)CN1C(=O)C(CC(=O)N[C@@H](CC(=O)O)C(=O)O)SC(c2cccc3ccccc23)c2cc(Cl)ccc21. The Labute approximate surface area is 241 Å². The first-order valence-corrected chi connectivity index (χ1v) is 14.1. The van der Waals surface area contributed by atoms with Crippen LogP contribution in [0.2, 0.25) is 5.02 Å². The summed E-state index contributed by atoms with van der Waals surface area (Å²) in [6.45, 7) is 6.42. The van der Waals surface area contributed by atoms with Crippen LogP contribution in [0.3, 0.4) is 0 Å². The highest BCUT2D eigenvalue weighted by Crippen LogP contribution is 2.49. The molecule has 0 aromatic heterocycles. The Kier molecular flexibility index (Phi) is 8.75. The molecule has 3 aromatic rings. The number of carboxylic acid groups (broad SMARTS) is 2. The van der Waals surface area contributed by atoms with Crippen molar-refractivity contribution in [1.29, 1.82) is 0 Å². The van der Waals surface area contributed by atoms with Gasteiger partial charge in [0.15, 0.2) is 0 Å². The highest BCUT2D eigenvalue weighted by molar-refractivity contribution is 8.01. The molecule has 0 aliphatic carbocycles. The van der Waals surface area contributed by atoms with Gasteiger partial charge in [0, 0.05) is 23.7 Å². The predicted molar refractivity (Wildman–Crippen MR) is 157 cm³/mol. The second-order valence-corrected chi connectivity index (χ2v) is 12.8. The van der Waals surface area contributed by atoms with Gasteiger partial charge in [0.1, 0.15) is 6.04 Å². The normalized spacial score (nSPS) is 18.1. The van der Waals surface area contributed by atoms with E-state index in [1.54, 1.807) is 11.0 Å². The van der Waals surface area contributed by atoms with E-state index in [1.807, 2.05) is 75.4 Å². The number of anilines is 1. The number of benzene rings is 3. The van der Waals surface area contributed by atoms with E-state index in [4.69, 9.17) is 16.7 Å². The third-order valence-corrected chi connectivity index (χ3v) is 8.24. The summed E-state index contributed by atoms with van der Waals surface area (Å²) >= 11 is 7.80. The van der Waals surface area contributed by atoms with Crippen LogP contribution in [-0.2, 0) is 19.2 Å². The first kappa shape index (κ1) is 29.4. The lowest BCUT2D eigenvalue weighted by Gasteiger charge is -2.32. The van der Waals surface area contributed by atoms with Crippen LogP contribution in [0.4, 0.5) is 5.69 Å². The van der Waals surface area contributed by atoms with Gasteiger partial charge < -0.3 is 20.4 Å². The molecule has 10 heteroatoms. The van der Waals surface area contributed by atoms with Crippen molar-refractivity contribution in [2.24, 2.45) is 5.41 Å². The van der Waals surface area contributed by atoms with Gasteiger partial charge in [0.25, 0.3) is 0 Å². The Morgan fingerprint density at radius 2 is 1.73 bits per heavy atom. The summed E-state index contributed by atoms with van der Waals surface area (Å²) in [5.41, 5.74) is 2.21. The van der Waals surface area contributed by atoms with E-state index in [-0.39, 0.29) is 23.0 Å². The summed E-state index contributed by atoms with van der Waals surface area (Å²) in [5, 5.41) is 22.1. The van der Waals surface area contributed by atoms with Gasteiger partial charge in [-0.15, -0.1) is 11.8 Å². The fourth-order valence-corrected chi connectivity index (χ4v) is 6.55. The molecule has 3 atom stereocenters. The van der Waals surface area contributed by atoms with E-state index in [2.05, 4.69) is 5.32 Å². The second kappa shape index (κ2) is 11.9. The lowest BCUT2D eigenvalue weighted by atomic mass is 9.93. The maximum Gasteiger partial charge on any atom is 0.326 e. The van der Waals surface area contributed by atoms with E-state index in [0.717, 1.165) is 21.9 Å². The molecule has 0 saturated heterocycles. The third kappa shape index (κ3) is 6.77. The zero-order valence-corrected chi connectivity index (χ0v) is 24.0. The van der Waals surface area contributed by atoms with Gasteiger partial charge >= 0.3 is 11.9 Å². The number of amides is 2. The zero-order chi connectivity index (χ0) is 29.2. The van der Waals surface area contributed by atoms with E-state index in [9.17, 15) is 24.3 Å². The van der Waals surface area contributed by atoms with Gasteiger partial charge in [-0.2, -0.15) is 0 Å². The number of thioether (sulfide) groups is 1. The summed E-state index contributed by atoms with van der Waals surface area (Å²) in [6, 6.07) is 17.7. The first-order chi connectivity index (χ1) is 18.8. The van der Waals surface area contributed by atoms with Crippen molar-refractivity contribution in [3.05, 3.63) is 76.8 Å². The standard InChI is InChI=1S/C30H31ClN2O6S/c1-30(2,3)16-33-23-12-11-18(31)13-21(23)27(20-10-6-8-17-7-4-5-9-19(17)20)40-24(28(33)37)15-25(34)32-22(29(38)39)14-26(35)36/h4-13,22,24,27H,14-16H2,1-3H3,(H,32,34)(H,35,36)(H,38,39)/t22-,24?,27?/m0/s1. The van der Waals surface area contributed by atoms with Gasteiger partial charge in [-0.3, -0.25) is 14.4 Å². The lowest BCUT2D eigenvalue weighted by molar-refractivity contribution is -0.147. The molecule has 210 valence electrons. The van der Waals surface area contributed by atoms with Crippen LogP contribution in [0.25, 0.3) is 10.8 Å². The van der Waals surface area contributed by atoms with Crippen LogP contribution in [-0.4, -0.2) is 51.8 Å². The van der Waals surface area contributed by atoms with E-state index < -0.39 is 35.6 Å². The van der Waals surface area contributed by atoms with Crippen LogP contribution < -0.4 is 10.2 Å². The summed E-state index contributed by atoms with van der Waals surface area (Å²) < 4.78 is 0. The number of rotatable bonds is 8. The molecule has 1 aliphatic rings. The predicted octanol–water partition coefficient (Wildman–Crippen LogP) is 5.51. The van der Waals surface area contributed by atoms with Crippen LogP contribution in [0.15, 0.2) is 60.7 Å². The molecular weight excluding hydrogens is 552 g/mol. The molecule has 0 radical (unpaired) electrons. The third-order valence-electron chi connectivity index (χ3n) is 6.53. The summed E-state index contributed by atoms with van der Waals surface area (Å²) in [4.78, 5) is 51.6. The van der Waals surface area contributed by atoms with E-state index in [1.165, 1.54) is 11.8 Å². The highest BCUT2D eigenvalue weighted by atomic mass is 35.5. The molecule has 2 unspecified atom stereocenters. The van der Waals surface area contributed by atoms with Crippen molar-refractivity contribution in [3.63, 3.8) is 0 Å². The topological polar surface area (TPSA) is 124 Å². The minimum atomic E-state index is -1.61. The smallest absolute Gasteiger partial charge is 0.326 e. The maximum atomic E-state index is 14.1. The number of carbonyl (C=O) groups excluding carboxylic acids is 2. The number of nitrogens with one attached hydrogen (secondary N) is 1. The van der Waals surface area contributed by atoms with E-state index >= 15 is 0 Å². The van der Waals surface area contributed by atoms with Gasteiger partial charge in [-0.05, 0) is 45.5 Å². The van der Waals surface area contributed by atoms with Gasteiger partial charge in [0.05, 0.1) is 16.9 Å². The highest BCUT2D eigenvalue weighted by Gasteiger charge is 2.39. The fraction of sp³-hybridized carbons (Fsp3) is 0.333. The van der Waals surface area contributed by atoms with Gasteiger partial charge in [-0.25, -0.2) is 4.79 Å². The molecule has 8 nitrogen and oxygen atoms in total. The second-order valence-electron chi connectivity index (χ2n) is 11.0. The molecule has 0 spiro atoms. The quantitative estimate of drug-likeness (QED) is 0.320. The van der Waals surface area contributed by atoms with Crippen LogP contribution >= 0.6 is 23.4 Å². The first-order valence-electron chi connectivity index (χ1n) is 12.8. The molecule has 4 rings (SSSR count). The largest absolute Gasteiger partial charge is 0.481 e. The Morgan fingerprint density at radius 3 is 2.40 bits per heavy atom. The average molecular weight is 583 g/mol. The Morgan fingerprint density at radius 1 is 1.02 bits per heavy atom. The molecule has 2 amide bonds. The molecule has 3 aromatic carbocycles. The van der Waals surface area contributed by atoms with Gasteiger partial charge in [0.2, 0.25) is 11.8 Å². The Hall–Kier alpha value is -3.56. The maximum absolute atomic E-state index is 14.1. The van der Waals surface area contributed by atoms with Crippen LogP contribution in [0, 0.1) is 5.41 Å². The molecule has 40 heavy (non-hydrogen) atoms. The van der Waals surface area contributed by atoms with E-state index in [0.29, 0.717) is 17.3 Å². The monoisotopic (exact) mass is 582 g/mol. The molecule has 1 aliphatic heterocycles. The summed E-state index contributed by atoms with van der Waals surface area (Å²) in [5.74, 6) is -3.81. The number of carboxylic acids is 2. The number of carbonyl (C=O) groups is 4. The van der Waals surface area contributed by atoms with Gasteiger partial charge in [-0.1, -0.05) is 74.8 Å². The molecule has 0 saturated carbocycles. The summed E-state index contributed by atoms with van der Waals surface area (Å²) in [7, 11) is 0. The van der Waals surface area contributed by atoms with Crippen molar-refractivity contribution in [1.82, 2.24) is 5.32 Å². The Balaban J connectivity index is 1.81.